The third kappa shape index (κ3) is 3.19. The van der Waals surface area contributed by atoms with E-state index in [2.05, 4.69) is 5.32 Å². The molecule has 0 spiro atoms. The number of nitrogens with one attached hydrogen (secondary N) is 1. The lowest BCUT2D eigenvalue weighted by Gasteiger charge is -2.27. The van der Waals surface area contributed by atoms with Crippen molar-refractivity contribution in [3.63, 3.8) is 0 Å². The Labute approximate surface area is 78.7 Å². The molecule has 1 fully saturated rings. The zero-order valence-corrected chi connectivity index (χ0v) is 8.57. The highest BCUT2D eigenvalue weighted by atomic mass is 19.3. The van der Waals surface area contributed by atoms with Gasteiger partial charge in [-0.1, -0.05) is 13.8 Å². The second kappa shape index (κ2) is 6.27. The summed E-state index contributed by atoms with van der Waals surface area (Å²) in [5, 5.41) is 2.80. The first-order valence-corrected chi connectivity index (χ1v) is 4.73. The zero-order valence-electron chi connectivity index (χ0n) is 8.57. The monoisotopic (exact) mass is 195 g/mol. The number of ether oxygens (including phenoxy) is 1. The van der Waals surface area contributed by atoms with E-state index < -0.39 is 12.0 Å². The van der Waals surface area contributed by atoms with Gasteiger partial charge in [0.05, 0.1) is 6.61 Å². The van der Waals surface area contributed by atoms with E-state index in [-0.39, 0.29) is 6.61 Å². The first-order valence-electron chi connectivity index (χ1n) is 4.73. The van der Waals surface area contributed by atoms with Crippen LogP contribution in [0.25, 0.3) is 0 Å². The van der Waals surface area contributed by atoms with E-state index in [1.807, 2.05) is 13.8 Å². The second-order valence-corrected chi connectivity index (χ2v) is 2.92. The number of hydrogen-bond acceptors (Lipinski definition) is 2. The molecule has 2 nitrogen and oxygen atoms in total. The van der Waals surface area contributed by atoms with Crippen molar-refractivity contribution in [1.29, 1.82) is 0 Å². The van der Waals surface area contributed by atoms with E-state index in [1.165, 1.54) is 7.11 Å². The fraction of sp³-hybridized carbons (Fsp3) is 1.00. The van der Waals surface area contributed by atoms with Crippen LogP contribution < -0.4 is 5.32 Å². The summed E-state index contributed by atoms with van der Waals surface area (Å²) < 4.78 is 29.6. The van der Waals surface area contributed by atoms with Crippen molar-refractivity contribution >= 4 is 0 Å². The van der Waals surface area contributed by atoms with Crippen LogP contribution in [0.5, 0.6) is 0 Å². The van der Waals surface area contributed by atoms with Crippen molar-refractivity contribution in [2.24, 2.45) is 0 Å². The molecule has 0 aromatic heterocycles. The first-order chi connectivity index (χ1) is 6.21. The van der Waals surface area contributed by atoms with E-state index in [9.17, 15) is 8.78 Å². The molecule has 0 aliphatic carbocycles. The Morgan fingerprint density at radius 3 is 2.38 bits per heavy atom. The van der Waals surface area contributed by atoms with Crippen LogP contribution in [-0.2, 0) is 4.74 Å². The van der Waals surface area contributed by atoms with Crippen molar-refractivity contribution in [3.05, 3.63) is 0 Å². The number of halogens is 2. The molecule has 0 aromatic rings. The quantitative estimate of drug-likeness (QED) is 0.744. The fourth-order valence-electron chi connectivity index (χ4n) is 1.46. The Morgan fingerprint density at radius 2 is 2.08 bits per heavy atom. The summed E-state index contributed by atoms with van der Waals surface area (Å²) in [6.45, 7) is 4.78. The summed E-state index contributed by atoms with van der Waals surface area (Å²) in [6, 6.07) is 0. The lowest BCUT2D eigenvalue weighted by molar-refractivity contribution is -0.00799. The molecule has 4 heteroatoms. The molecule has 80 valence electrons. The van der Waals surface area contributed by atoms with Crippen LogP contribution in [0.15, 0.2) is 0 Å². The summed E-state index contributed by atoms with van der Waals surface area (Å²) in [5.41, 5.74) is -1.06. The minimum Gasteiger partial charge on any atom is -0.383 e. The fourth-order valence-corrected chi connectivity index (χ4v) is 1.46. The molecule has 13 heavy (non-hydrogen) atoms. The number of alkyl halides is 2. The second-order valence-electron chi connectivity index (χ2n) is 2.92. The van der Waals surface area contributed by atoms with Crippen LogP contribution in [0, 0.1) is 0 Å². The van der Waals surface area contributed by atoms with Gasteiger partial charge in [0.25, 0.3) is 6.43 Å². The normalized spacial score (nSPS) is 27.2. The molecule has 1 saturated heterocycles. The Hall–Kier alpha value is -0.220. The van der Waals surface area contributed by atoms with Gasteiger partial charge in [0.1, 0.15) is 5.54 Å². The molecule has 1 heterocycles. The van der Waals surface area contributed by atoms with E-state index in [4.69, 9.17) is 4.74 Å². The first kappa shape index (κ1) is 12.8. The minimum absolute atomic E-state index is 0.102. The standard InChI is InChI=1S/C7H13F2NO.C2H6/c1-11-5-7(6(8)9)3-2-4-10-7;1-2/h6,10H,2-5H2,1H3;1-2H3. The number of hydrogen-bond donors (Lipinski definition) is 1. The summed E-state index contributed by atoms with van der Waals surface area (Å²) in [4.78, 5) is 0. The Bertz CT molecular complexity index is 125. The van der Waals surface area contributed by atoms with Gasteiger partial charge < -0.3 is 10.1 Å². The molecule has 0 bridgehead atoms. The van der Waals surface area contributed by atoms with Gasteiger partial charge in [-0.25, -0.2) is 8.78 Å². The molecular formula is C9H19F2NO. The molecule has 0 radical (unpaired) electrons. The molecule has 0 amide bonds. The van der Waals surface area contributed by atoms with E-state index >= 15 is 0 Å². The number of methoxy groups -OCH3 is 1. The van der Waals surface area contributed by atoms with Gasteiger partial charge in [-0.15, -0.1) is 0 Å². The largest absolute Gasteiger partial charge is 0.383 e. The predicted molar refractivity (Wildman–Crippen MR) is 49.2 cm³/mol. The molecular weight excluding hydrogens is 176 g/mol. The molecule has 1 aliphatic rings. The summed E-state index contributed by atoms with van der Waals surface area (Å²) >= 11 is 0. The minimum atomic E-state index is -2.33. The topological polar surface area (TPSA) is 21.3 Å². The van der Waals surface area contributed by atoms with Gasteiger partial charge in [-0.3, -0.25) is 0 Å². The van der Waals surface area contributed by atoms with Crippen molar-refractivity contribution in [2.75, 3.05) is 20.3 Å². The van der Waals surface area contributed by atoms with Crippen LogP contribution in [0.2, 0.25) is 0 Å². The van der Waals surface area contributed by atoms with Crippen LogP contribution in [-0.4, -0.2) is 32.2 Å². The lowest BCUT2D eigenvalue weighted by Crippen LogP contribution is -2.50. The number of rotatable bonds is 3. The van der Waals surface area contributed by atoms with Gasteiger partial charge in [0.15, 0.2) is 0 Å². The average molecular weight is 195 g/mol. The van der Waals surface area contributed by atoms with E-state index in [1.54, 1.807) is 0 Å². The molecule has 1 atom stereocenters. The Balaban J connectivity index is 0.000000671. The third-order valence-corrected chi connectivity index (χ3v) is 2.10. The maximum absolute atomic E-state index is 12.4. The molecule has 1 rings (SSSR count). The van der Waals surface area contributed by atoms with Gasteiger partial charge in [0.2, 0.25) is 0 Å². The molecule has 1 aliphatic heterocycles. The van der Waals surface area contributed by atoms with E-state index in [0.717, 1.165) is 6.42 Å². The van der Waals surface area contributed by atoms with Crippen LogP contribution in [0.3, 0.4) is 0 Å². The SMILES string of the molecule is CC.COCC1(C(F)F)CCCN1. The molecule has 1 N–H and O–H groups in total. The lowest BCUT2D eigenvalue weighted by atomic mass is 10.00. The molecule has 1 unspecified atom stereocenters. The predicted octanol–water partition coefficient (Wildman–Crippen LogP) is 2.05. The summed E-state index contributed by atoms with van der Waals surface area (Å²) in [6.07, 6.45) is -1.00. The highest BCUT2D eigenvalue weighted by Gasteiger charge is 2.42. The average Bonchev–Trinajstić information content (AvgIpc) is 2.59. The Kier molecular flexibility index (Phi) is 6.16. The van der Waals surface area contributed by atoms with Crippen LogP contribution in [0.1, 0.15) is 26.7 Å². The van der Waals surface area contributed by atoms with Crippen molar-refractivity contribution in [3.8, 4) is 0 Å². The van der Waals surface area contributed by atoms with Crippen LogP contribution >= 0.6 is 0 Å². The third-order valence-electron chi connectivity index (χ3n) is 2.10. The van der Waals surface area contributed by atoms with Crippen molar-refractivity contribution in [1.82, 2.24) is 5.32 Å². The highest BCUT2D eigenvalue weighted by molar-refractivity contribution is 4.95. The zero-order chi connectivity index (χ0) is 10.3. The maximum Gasteiger partial charge on any atom is 0.258 e. The van der Waals surface area contributed by atoms with Gasteiger partial charge in [-0.2, -0.15) is 0 Å². The Morgan fingerprint density at radius 1 is 1.46 bits per heavy atom. The van der Waals surface area contributed by atoms with Crippen molar-refractivity contribution < 1.29 is 13.5 Å². The van der Waals surface area contributed by atoms with E-state index in [0.29, 0.717) is 13.0 Å². The maximum atomic E-state index is 12.4. The van der Waals surface area contributed by atoms with Gasteiger partial charge in [-0.05, 0) is 19.4 Å². The molecule has 0 saturated carbocycles. The molecule has 0 aromatic carbocycles. The van der Waals surface area contributed by atoms with Gasteiger partial charge >= 0.3 is 0 Å². The summed E-state index contributed by atoms with van der Waals surface area (Å²) in [5.74, 6) is 0. The highest BCUT2D eigenvalue weighted by Crippen LogP contribution is 2.26. The van der Waals surface area contributed by atoms with Gasteiger partial charge in [0, 0.05) is 7.11 Å². The van der Waals surface area contributed by atoms with Crippen molar-refractivity contribution in [2.45, 2.75) is 38.7 Å². The van der Waals surface area contributed by atoms with Crippen LogP contribution in [0.4, 0.5) is 8.78 Å². The smallest absolute Gasteiger partial charge is 0.258 e. The summed E-state index contributed by atoms with van der Waals surface area (Å²) in [7, 11) is 1.45.